The summed E-state index contributed by atoms with van der Waals surface area (Å²) in [7, 11) is 3.17. The van der Waals surface area contributed by atoms with Gasteiger partial charge in [-0.15, -0.1) is 0 Å². The molecule has 0 saturated carbocycles. The van der Waals surface area contributed by atoms with Crippen molar-refractivity contribution in [2.24, 2.45) is 0 Å². The van der Waals surface area contributed by atoms with Crippen LogP contribution in [0.4, 0.5) is 4.79 Å². The fraction of sp³-hybridized carbons (Fsp3) is 0.652. The van der Waals surface area contributed by atoms with Gasteiger partial charge in [-0.1, -0.05) is 0 Å². The number of likely N-dealkylation sites (tertiary alicyclic amines) is 1. The Hall–Kier alpha value is -2.52. The Morgan fingerprint density at radius 2 is 1.94 bits per heavy atom. The molecule has 1 fully saturated rings. The lowest BCUT2D eigenvalue weighted by atomic mass is 9.94. The van der Waals surface area contributed by atoms with Crippen LogP contribution in [-0.2, 0) is 4.74 Å². The minimum absolute atomic E-state index is 0.0645. The molecule has 9 nitrogen and oxygen atoms in total. The Labute approximate surface area is 189 Å². The summed E-state index contributed by atoms with van der Waals surface area (Å²) in [6.45, 7) is 5.01. The number of aliphatic hydroxyl groups is 1. The number of amides is 2. The molecule has 0 bridgehead atoms. The van der Waals surface area contributed by atoms with E-state index in [1.54, 1.807) is 37.3 Å². The first-order valence-electron chi connectivity index (χ1n) is 11.1. The lowest BCUT2D eigenvalue weighted by molar-refractivity contribution is 0.0295. The minimum atomic E-state index is -1.03. The third kappa shape index (κ3) is 6.49. The molecule has 1 heterocycles. The van der Waals surface area contributed by atoms with E-state index in [9.17, 15) is 19.8 Å². The van der Waals surface area contributed by atoms with Gasteiger partial charge in [-0.05, 0) is 51.3 Å². The van der Waals surface area contributed by atoms with Crippen LogP contribution in [0.1, 0.15) is 49.9 Å². The van der Waals surface area contributed by atoms with Crippen molar-refractivity contribution < 1.29 is 34.0 Å². The van der Waals surface area contributed by atoms with Gasteiger partial charge in [-0.3, -0.25) is 4.79 Å². The molecule has 1 aliphatic heterocycles. The predicted molar refractivity (Wildman–Crippen MR) is 120 cm³/mol. The first-order valence-corrected chi connectivity index (χ1v) is 11.1. The van der Waals surface area contributed by atoms with Crippen LogP contribution in [0.15, 0.2) is 18.2 Å². The topological polar surface area (TPSA) is 109 Å². The predicted octanol–water partition coefficient (Wildman–Crippen LogP) is 2.85. The minimum Gasteiger partial charge on any atom is -0.493 e. The first kappa shape index (κ1) is 25.7. The van der Waals surface area contributed by atoms with E-state index in [1.807, 2.05) is 13.8 Å². The van der Waals surface area contributed by atoms with Crippen LogP contribution < -0.4 is 9.47 Å². The van der Waals surface area contributed by atoms with Crippen molar-refractivity contribution in [2.75, 3.05) is 40.6 Å². The molecular formula is C23H36N2O7. The maximum atomic E-state index is 13.5. The average molecular weight is 453 g/mol. The van der Waals surface area contributed by atoms with Crippen LogP contribution >= 0.6 is 0 Å². The number of nitrogens with zero attached hydrogens (tertiary/aromatic N) is 2. The number of carbonyl (C=O) groups excluding carboxylic acids is 1. The van der Waals surface area contributed by atoms with Crippen LogP contribution in [0, 0.1) is 0 Å². The van der Waals surface area contributed by atoms with Gasteiger partial charge in [0.25, 0.3) is 5.91 Å². The molecule has 2 atom stereocenters. The van der Waals surface area contributed by atoms with E-state index in [0.717, 1.165) is 0 Å². The lowest BCUT2D eigenvalue weighted by Crippen LogP contribution is -2.56. The Balaban J connectivity index is 2.23. The molecule has 1 aliphatic rings. The highest BCUT2D eigenvalue weighted by Gasteiger charge is 2.37. The second kappa shape index (κ2) is 12.5. The van der Waals surface area contributed by atoms with Gasteiger partial charge >= 0.3 is 6.09 Å². The second-order valence-electron chi connectivity index (χ2n) is 8.20. The van der Waals surface area contributed by atoms with E-state index >= 15 is 0 Å². The van der Waals surface area contributed by atoms with Gasteiger partial charge in [-0.25, -0.2) is 4.79 Å². The van der Waals surface area contributed by atoms with Crippen molar-refractivity contribution in [1.29, 1.82) is 0 Å². The monoisotopic (exact) mass is 452 g/mol. The average Bonchev–Trinajstić information content (AvgIpc) is 2.77. The number of benzene rings is 1. The zero-order valence-corrected chi connectivity index (χ0v) is 19.5. The molecule has 0 radical (unpaired) electrons. The molecule has 0 spiro atoms. The number of ether oxygens (including phenoxy) is 3. The summed E-state index contributed by atoms with van der Waals surface area (Å²) < 4.78 is 16.2. The van der Waals surface area contributed by atoms with E-state index in [1.165, 1.54) is 4.90 Å². The van der Waals surface area contributed by atoms with Crippen molar-refractivity contribution in [1.82, 2.24) is 9.80 Å². The lowest BCUT2D eigenvalue weighted by Gasteiger charge is -2.44. The highest BCUT2D eigenvalue weighted by molar-refractivity contribution is 5.95. The maximum Gasteiger partial charge on any atom is 0.407 e. The Morgan fingerprint density at radius 1 is 1.19 bits per heavy atom. The summed E-state index contributed by atoms with van der Waals surface area (Å²) >= 11 is 0. The smallest absolute Gasteiger partial charge is 0.407 e. The summed E-state index contributed by atoms with van der Waals surface area (Å²) in [5.41, 5.74) is 0.459. The van der Waals surface area contributed by atoms with E-state index < -0.39 is 6.09 Å². The fourth-order valence-electron chi connectivity index (χ4n) is 4.20. The molecule has 9 heteroatoms. The van der Waals surface area contributed by atoms with Crippen molar-refractivity contribution in [3.8, 4) is 11.5 Å². The number of piperidine rings is 1. The molecule has 1 aromatic rings. The van der Waals surface area contributed by atoms with Crippen LogP contribution in [0.25, 0.3) is 0 Å². The number of hydrogen-bond donors (Lipinski definition) is 2. The third-order valence-corrected chi connectivity index (χ3v) is 5.73. The summed E-state index contributed by atoms with van der Waals surface area (Å²) in [6.07, 6.45) is 1.36. The van der Waals surface area contributed by atoms with E-state index in [0.29, 0.717) is 56.0 Å². The number of rotatable bonds is 11. The Bertz CT molecular complexity index is 756. The standard InChI is InChI=1S/C23H36N2O7/c1-16(2)25(19-8-7-18(10-11-26)24(15-19)23(28)29)22(27)17-6-9-20(31-4)21(14-17)32-13-5-12-30-3/h6,9,14,16,18-19,26H,5,7-8,10-13,15H2,1-4H3,(H,28,29)/t18-,19+/m0/s1. The zero-order valence-electron chi connectivity index (χ0n) is 19.5. The number of methoxy groups -OCH3 is 2. The van der Waals surface area contributed by atoms with Crippen molar-refractivity contribution >= 4 is 12.0 Å². The van der Waals surface area contributed by atoms with Crippen molar-refractivity contribution in [2.45, 2.75) is 57.7 Å². The SMILES string of the molecule is COCCCOc1cc(C(=O)N(C(C)C)[C@@H]2CC[C@@H](CCO)N(C(=O)O)C2)ccc1OC. The number of hydrogen-bond acceptors (Lipinski definition) is 6. The van der Waals surface area contributed by atoms with E-state index in [4.69, 9.17) is 14.2 Å². The van der Waals surface area contributed by atoms with Gasteiger partial charge < -0.3 is 34.2 Å². The molecular weight excluding hydrogens is 416 g/mol. The van der Waals surface area contributed by atoms with E-state index in [-0.39, 0.29) is 37.2 Å². The van der Waals surface area contributed by atoms with Crippen LogP contribution in [0.5, 0.6) is 11.5 Å². The van der Waals surface area contributed by atoms with Crippen molar-refractivity contribution in [3.05, 3.63) is 23.8 Å². The molecule has 0 unspecified atom stereocenters. The van der Waals surface area contributed by atoms with Gasteiger partial charge in [-0.2, -0.15) is 0 Å². The van der Waals surface area contributed by atoms with Gasteiger partial charge in [0.1, 0.15) is 0 Å². The normalized spacial score (nSPS) is 18.5. The van der Waals surface area contributed by atoms with Crippen LogP contribution in [-0.4, -0.2) is 90.7 Å². The summed E-state index contributed by atoms with van der Waals surface area (Å²) in [4.78, 5) is 28.4. The molecule has 1 saturated heterocycles. The fourth-order valence-corrected chi connectivity index (χ4v) is 4.20. The molecule has 180 valence electrons. The summed E-state index contributed by atoms with van der Waals surface area (Å²) in [5.74, 6) is 0.842. The molecule has 2 amide bonds. The quantitative estimate of drug-likeness (QED) is 0.497. The maximum absolute atomic E-state index is 13.5. The number of aliphatic hydroxyl groups excluding tert-OH is 1. The molecule has 0 aliphatic carbocycles. The van der Waals surface area contributed by atoms with Crippen molar-refractivity contribution in [3.63, 3.8) is 0 Å². The first-order chi connectivity index (χ1) is 15.3. The molecule has 2 N–H and O–H groups in total. The number of carbonyl (C=O) groups is 2. The largest absolute Gasteiger partial charge is 0.493 e. The van der Waals surface area contributed by atoms with Gasteiger partial charge in [0.15, 0.2) is 11.5 Å². The van der Waals surface area contributed by atoms with Gasteiger partial charge in [0.2, 0.25) is 0 Å². The molecule has 32 heavy (non-hydrogen) atoms. The highest BCUT2D eigenvalue weighted by atomic mass is 16.5. The molecule has 1 aromatic carbocycles. The second-order valence-corrected chi connectivity index (χ2v) is 8.20. The Morgan fingerprint density at radius 3 is 2.53 bits per heavy atom. The third-order valence-electron chi connectivity index (χ3n) is 5.73. The van der Waals surface area contributed by atoms with Gasteiger partial charge in [0.05, 0.1) is 19.8 Å². The molecule has 2 rings (SSSR count). The zero-order chi connectivity index (χ0) is 23.7. The number of carboxylic acid groups (broad SMARTS) is 1. The van der Waals surface area contributed by atoms with Gasteiger partial charge in [0, 0.05) is 50.9 Å². The Kier molecular flexibility index (Phi) is 10.1. The molecule has 0 aromatic heterocycles. The summed E-state index contributed by atoms with van der Waals surface area (Å²) in [6, 6.07) is 4.48. The highest BCUT2D eigenvalue weighted by Crippen LogP contribution is 2.31. The van der Waals surface area contributed by atoms with Crippen LogP contribution in [0.3, 0.4) is 0 Å². The summed E-state index contributed by atoms with van der Waals surface area (Å²) in [5, 5.41) is 18.9. The van der Waals surface area contributed by atoms with E-state index in [2.05, 4.69) is 0 Å². The van der Waals surface area contributed by atoms with Crippen LogP contribution in [0.2, 0.25) is 0 Å².